The Balaban J connectivity index is 1.94. The van der Waals surface area contributed by atoms with Gasteiger partial charge in [0.1, 0.15) is 6.54 Å². The van der Waals surface area contributed by atoms with Gasteiger partial charge in [0, 0.05) is 24.5 Å². The summed E-state index contributed by atoms with van der Waals surface area (Å²) >= 11 is 0. The fraction of sp³-hybridized carbons (Fsp3) is 0.400. The third-order valence-corrected chi connectivity index (χ3v) is 3.52. The molecule has 1 aliphatic heterocycles. The second kappa shape index (κ2) is 6.93. The van der Waals surface area contributed by atoms with Gasteiger partial charge in [-0.3, -0.25) is 14.5 Å². The Morgan fingerprint density at radius 1 is 1.23 bits per heavy atom. The number of amides is 4. The van der Waals surface area contributed by atoms with Crippen molar-refractivity contribution in [1.29, 1.82) is 0 Å². The summed E-state index contributed by atoms with van der Waals surface area (Å²) < 4.78 is 0. The van der Waals surface area contributed by atoms with Crippen molar-refractivity contribution >= 4 is 29.2 Å². The van der Waals surface area contributed by atoms with Gasteiger partial charge in [-0.1, -0.05) is 0 Å². The predicted molar refractivity (Wildman–Crippen MR) is 83.7 cm³/mol. The molecule has 7 heteroatoms. The van der Waals surface area contributed by atoms with Gasteiger partial charge in [-0.15, -0.1) is 0 Å². The van der Waals surface area contributed by atoms with E-state index in [1.165, 1.54) is 0 Å². The molecule has 0 atom stereocenters. The first-order valence-corrected chi connectivity index (χ1v) is 7.28. The standard InChI is InChI=1S/C15H20N4O3/c1-3-18(4-2)12-7-5-11(6-8-12)17-13(20)10-19-14(21)9-16-15(19)22/h5-8H,3-4,9-10H2,1-2H3,(H,16,22)(H,17,20). The van der Waals surface area contributed by atoms with Crippen molar-refractivity contribution in [3.8, 4) is 0 Å². The highest BCUT2D eigenvalue weighted by Crippen LogP contribution is 2.17. The Labute approximate surface area is 129 Å². The Kier molecular flexibility index (Phi) is 4.98. The van der Waals surface area contributed by atoms with Crippen molar-refractivity contribution in [2.24, 2.45) is 0 Å². The van der Waals surface area contributed by atoms with Gasteiger partial charge in [-0.2, -0.15) is 0 Å². The van der Waals surface area contributed by atoms with Crippen molar-refractivity contribution in [2.75, 3.05) is 36.4 Å². The van der Waals surface area contributed by atoms with Gasteiger partial charge in [0.15, 0.2) is 0 Å². The molecular formula is C15H20N4O3. The summed E-state index contributed by atoms with van der Waals surface area (Å²) in [5, 5.41) is 5.05. The smallest absolute Gasteiger partial charge is 0.325 e. The summed E-state index contributed by atoms with van der Waals surface area (Å²) in [4.78, 5) is 37.8. The van der Waals surface area contributed by atoms with Crippen LogP contribution >= 0.6 is 0 Å². The van der Waals surface area contributed by atoms with Gasteiger partial charge in [0.05, 0.1) is 6.54 Å². The van der Waals surface area contributed by atoms with Gasteiger partial charge in [-0.25, -0.2) is 4.79 Å². The molecule has 1 heterocycles. The molecule has 7 nitrogen and oxygen atoms in total. The molecule has 1 saturated heterocycles. The second-order valence-corrected chi connectivity index (χ2v) is 4.91. The molecule has 1 aliphatic rings. The summed E-state index contributed by atoms with van der Waals surface area (Å²) in [5.74, 6) is -0.793. The maximum Gasteiger partial charge on any atom is 0.325 e. The molecule has 0 aromatic heterocycles. The summed E-state index contributed by atoms with van der Waals surface area (Å²) in [5.41, 5.74) is 1.71. The number of hydrogen-bond acceptors (Lipinski definition) is 4. The van der Waals surface area contributed by atoms with Crippen LogP contribution in [0.15, 0.2) is 24.3 Å². The highest BCUT2D eigenvalue weighted by Gasteiger charge is 2.30. The Hall–Kier alpha value is -2.57. The lowest BCUT2D eigenvalue weighted by atomic mass is 10.2. The number of benzene rings is 1. The van der Waals surface area contributed by atoms with Crippen LogP contribution in [0.3, 0.4) is 0 Å². The first kappa shape index (κ1) is 15.8. The van der Waals surface area contributed by atoms with Crippen molar-refractivity contribution in [3.05, 3.63) is 24.3 Å². The fourth-order valence-electron chi connectivity index (χ4n) is 2.30. The fourth-order valence-corrected chi connectivity index (χ4v) is 2.30. The van der Waals surface area contributed by atoms with Crippen LogP contribution < -0.4 is 15.5 Å². The Morgan fingerprint density at radius 3 is 2.36 bits per heavy atom. The molecule has 1 aromatic rings. The van der Waals surface area contributed by atoms with E-state index in [1.807, 2.05) is 12.1 Å². The van der Waals surface area contributed by atoms with Crippen LogP contribution in [0.2, 0.25) is 0 Å². The topological polar surface area (TPSA) is 81.8 Å². The van der Waals surface area contributed by atoms with E-state index in [0.29, 0.717) is 5.69 Å². The minimum Gasteiger partial charge on any atom is -0.372 e. The van der Waals surface area contributed by atoms with Crippen molar-refractivity contribution in [2.45, 2.75) is 13.8 Å². The van der Waals surface area contributed by atoms with Crippen LogP contribution in [-0.2, 0) is 9.59 Å². The van der Waals surface area contributed by atoms with Crippen LogP contribution in [0, 0.1) is 0 Å². The number of carbonyl (C=O) groups is 3. The Morgan fingerprint density at radius 2 is 1.86 bits per heavy atom. The van der Waals surface area contributed by atoms with E-state index in [9.17, 15) is 14.4 Å². The van der Waals surface area contributed by atoms with Crippen molar-refractivity contribution in [3.63, 3.8) is 0 Å². The molecule has 118 valence electrons. The number of imide groups is 1. The van der Waals surface area contributed by atoms with Gasteiger partial charge in [-0.05, 0) is 38.1 Å². The number of nitrogens with zero attached hydrogens (tertiary/aromatic N) is 2. The summed E-state index contributed by atoms with van der Waals surface area (Å²) in [6.45, 7) is 5.66. The number of carbonyl (C=O) groups excluding carboxylic acids is 3. The van der Waals surface area contributed by atoms with E-state index < -0.39 is 17.8 Å². The SMILES string of the molecule is CCN(CC)c1ccc(NC(=O)CN2C(=O)CNC2=O)cc1. The van der Waals surface area contributed by atoms with Gasteiger partial charge >= 0.3 is 6.03 Å². The van der Waals surface area contributed by atoms with E-state index in [1.54, 1.807) is 12.1 Å². The van der Waals surface area contributed by atoms with E-state index in [0.717, 1.165) is 23.7 Å². The zero-order valence-electron chi connectivity index (χ0n) is 12.8. The first-order valence-electron chi connectivity index (χ1n) is 7.28. The molecule has 0 radical (unpaired) electrons. The largest absolute Gasteiger partial charge is 0.372 e. The number of rotatable bonds is 6. The van der Waals surface area contributed by atoms with E-state index in [-0.39, 0.29) is 13.1 Å². The quantitative estimate of drug-likeness (QED) is 0.769. The molecule has 2 rings (SSSR count). The second-order valence-electron chi connectivity index (χ2n) is 4.91. The van der Waals surface area contributed by atoms with Gasteiger partial charge in [0.2, 0.25) is 5.91 Å². The van der Waals surface area contributed by atoms with Gasteiger partial charge < -0.3 is 15.5 Å². The summed E-state index contributed by atoms with van der Waals surface area (Å²) in [7, 11) is 0. The van der Waals surface area contributed by atoms with Crippen molar-refractivity contribution < 1.29 is 14.4 Å². The maximum atomic E-state index is 11.9. The number of hydrogen-bond donors (Lipinski definition) is 2. The highest BCUT2D eigenvalue weighted by molar-refractivity contribution is 6.06. The number of urea groups is 1. The monoisotopic (exact) mass is 304 g/mol. The molecule has 0 unspecified atom stereocenters. The summed E-state index contributed by atoms with van der Waals surface area (Å²) in [6, 6.07) is 6.93. The van der Waals surface area contributed by atoms with Crippen LogP contribution in [0.1, 0.15) is 13.8 Å². The number of anilines is 2. The minimum absolute atomic E-state index is 0.0509. The highest BCUT2D eigenvalue weighted by atomic mass is 16.2. The van der Waals surface area contributed by atoms with Crippen LogP contribution in [0.25, 0.3) is 0 Å². The summed E-state index contributed by atoms with van der Waals surface area (Å²) in [6.07, 6.45) is 0. The molecule has 0 spiro atoms. The lowest BCUT2D eigenvalue weighted by molar-refractivity contribution is -0.128. The molecule has 0 saturated carbocycles. The van der Waals surface area contributed by atoms with Crippen molar-refractivity contribution in [1.82, 2.24) is 10.2 Å². The molecule has 0 bridgehead atoms. The lowest BCUT2D eigenvalue weighted by Crippen LogP contribution is -2.38. The minimum atomic E-state index is -0.531. The Bertz CT molecular complexity index is 551. The molecule has 1 aromatic carbocycles. The van der Waals surface area contributed by atoms with E-state index in [2.05, 4.69) is 29.4 Å². The maximum absolute atomic E-state index is 11.9. The van der Waals surface area contributed by atoms with Crippen LogP contribution in [0.5, 0.6) is 0 Å². The zero-order valence-corrected chi connectivity index (χ0v) is 12.8. The predicted octanol–water partition coefficient (Wildman–Crippen LogP) is 1.02. The molecule has 4 amide bonds. The van der Waals surface area contributed by atoms with E-state index >= 15 is 0 Å². The molecule has 22 heavy (non-hydrogen) atoms. The van der Waals surface area contributed by atoms with Crippen LogP contribution in [0.4, 0.5) is 16.2 Å². The number of nitrogens with one attached hydrogen (secondary N) is 2. The molecule has 0 aliphatic carbocycles. The van der Waals surface area contributed by atoms with Gasteiger partial charge in [0.25, 0.3) is 5.91 Å². The normalized spacial score (nSPS) is 14.0. The average Bonchev–Trinajstić information content (AvgIpc) is 2.82. The van der Waals surface area contributed by atoms with Crippen LogP contribution in [-0.4, -0.2) is 48.9 Å². The third-order valence-electron chi connectivity index (χ3n) is 3.52. The molecular weight excluding hydrogens is 284 g/mol. The van der Waals surface area contributed by atoms with E-state index in [4.69, 9.17) is 0 Å². The third kappa shape index (κ3) is 3.55. The zero-order chi connectivity index (χ0) is 16.1. The molecule has 1 fully saturated rings. The average molecular weight is 304 g/mol. The first-order chi connectivity index (χ1) is 10.5. The lowest BCUT2D eigenvalue weighted by Gasteiger charge is -2.21. The molecule has 2 N–H and O–H groups in total.